The Labute approximate surface area is 239 Å². The number of nitrogens with one attached hydrogen (secondary N) is 2. The van der Waals surface area contributed by atoms with E-state index in [-0.39, 0.29) is 29.7 Å². The van der Waals surface area contributed by atoms with Gasteiger partial charge in [0.15, 0.2) is 5.84 Å². The van der Waals surface area contributed by atoms with Crippen molar-refractivity contribution in [1.29, 1.82) is 5.41 Å². The van der Waals surface area contributed by atoms with Crippen LogP contribution in [-0.2, 0) is 35.8 Å². The first-order chi connectivity index (χ1) is 17.8. The topological polar surface area (TPSA) is 123 Å². The molecule has 193 valence electrons. The van der Waals surface area contributed by atoms with Gasteiger partial charge >= 0.3 is 33.3 Å². The van der Waals surface area contributed by atoms with Gasteiger partial charge in [0.1, 0.15) is 5.82 Å². The summed E-state index contributed by atoms with van der Waals surface area (Å²) in [6, 6.07) is 20.2. The van der Waals surface area contributed by atoms with Gasteiger partial charge in [-0.1, -0.05) is 24.3 Å². The zero-order valence-corrected chi connectivity index (χ0v) is 24.0. The fourth-order valence-electron chi connectivity index (χ4n) is 2.99. The van der Waals surface area contributed by atoms with Crippen LogP contribution in [0, 0.1) is 5.41 Å². The van der Waals surface area contributed by atoms with Crippen molar-refractivity contribution in [3.8, 4) is 0 Å². The molecule has 2 aromatic carbocycles. The van der Waals surface area contributed by atoms with Gasteiger partial charge in [-0.3, -0.25) is 10.1 Å². The Hall–Kier alpha value is -2.51. The molecule has 37 heavy (non-hydrogen) atoms. The fourth-order valence-corrected chi connectivity index (χ4v) is 4.89. The van der Waals surface area contributed by atoms with Gasteiger partial charge in [-0.25, -0.2) is 18.4 Å². The molecule has 3 aromatic rings. The molecule has 0 spiro atoms. The van der Waals surface area contributed by atoms with E-state index in [0.717, 1.165) is 17.6 Å². The van der Waals surface area contributed by atoms with E-state index in [0.29, 0.717) is 21.2 Å². The predicted octanol–water partition coefficient (Wildman–Crippen LogP) is 6.62. The van der Waals surface area contributed by atoms with Crippen LogP contribution in [0.15, 0.2) is 108 Å². The fraction of sp³-hybridized carbons (Fsp3) is 0.0455. The van der Waals surface area contributed by atoms with E-state index in [1.807, 2.05) is 30.3 Å². The van der Waals surface area contributed by atoms with E-state index in [1.165, 1.54) is 35.5 Å². The SMILES string of the molecule is CC1=NN(c2ccccc2)C(=N)/C1=C(/[S-])SN=Nc1ccc(S(=O)(=O)Nc2ccccn2)cc1.[Cl][Fe+][Cl]. The summed E-state index contributed by atoms with van der Waals surface area (Å²) in [5.41, 5.74) is 2.36. The van der Waals surface area contributed by atoms with Gasteiger partial charge in [0.25, 0.3) is 10.0 Å². The molecule has 1 aliphatic rings. The Kier molecular flexibility index (Phi) is 10.9. The van der Waals surface area contributed by atoms with Crippen molar-refractivity contribution in [2.24, 2.45) is 14.7 Å². The minimum absolute atomic E-state index is 0.0723. The Morgan fingerprint density at radius 3 is 2.35 bits per heavy atom. The quantitative estimate of drug-likeness (QED) is 0.130. The molecule has 0 radical (unpaired) electrons. The molecule has 4 rings (SSSR count). The Morgan fingerprint density at radius 1 is 1.08 bits per heavy atom. The molecule has 0 atom stereocenters. The van der Waals surface area contributed by atoms with E-state index in [9.17, 15) is 8.42 Å². The van der Waals surface area contributed by atoms with Crippen LogP contribution in [0.25, 0.3) is 0 Å². The second-order valence-electron chi connectivity index (χ2n) is 6.98. The zero-order valence-electron chi connectivity index (χ0n) is 18.9. The number of amidine groups is 1. The van der Waals surface area contributed by atoms with Crippen LogP contribution in [0.4, 0.5) is 17.2 Å². The van der Waals surface area contributed by atoms with Crippen LogP contribution in [0.1, 0.15) is 6.92 Å². The average molecular weight is 635 g/mol. The van der Waals surface area contributed by atoms with Crippen molar-refractivity contribution in [2.75, 3.05) is 9.73 Å². The van der Waals surface area contributed by atoms with Crippen molar-refractivity contribution in [1.82, 2.24) is 4.98 Å². The van der Waals surface area contributed by atoms with Crippen LogP contribution < -0.4 is 9.73 Å². The monoisotopic (exact) mass is 634 g/mol. The number of halogens is 2. The van der Waals surface area contributed by atoms with Gasteiger partial charge in [0.05, 0.1) is 22.0 Å². The molecule has 2 N–H and O–H groups in total. The first kappa shape index (κ1) is 29.1. The van der Waals surface area contributed by atoms with Gasteiger partial charge in [-0.05, 0) is 55.5 Å². The molecule has 0 saturated heterocycles. The number of hydrogen-bond donors (Lipinski definition) is 2. The van der Waals surface area contributed by atoms with Gasteiger partial charge in [0, 0.05) is 23.7 Å². The number of nitrogens with zero attached hydrogens (tertiary/aromatic N) is 5. The molecule has 0 saturated carbocycles. The van der Waals surface area contributed by atoms with Crippen LogP contribution in [0.3, 0.4) is 0 Å². The second kappa shape index (κ2) is 13.9. The average Bonchev–Trinajstić information content (AvgIpc) is 3.19. The van der Waals surface area contributed by atoms with E-state index in [4.69, 9.17) is 38.2 Å². The summed E-state index contributed by atoms with van der Waals surface area (Å²) >= 11 is 6.59. The molecule has 0 aliphatic carbocycles. The van der Waals surface area contributed by atoms with Crippen molar-refractivity contribution in [3.63, 3.8) is 0 Å². The third kappa shape index (κ3) is 7.98. The zero-order chi connectivity index (χ0) is 26.8. The molecule has 2 heterocycles. The second-order valence-corrected chi connectivity index (χ2v) is 11.9. The van der Waals surface area contributed by atoms with E-state index < -0.39 is 10.0 Å². The predicted molar refractivity (Wildman–Crippen MR) is 149 cm³/mol. The molecule has 1 aromatic heterocycles. The number of para-hydroxylation sites is 1. The van der Waals surface area contributed by atoms with Crippen molar-refractivity contribution < 1.29 is 21.6 Å². The maximum atomic E-state index is 12.5. The number of anilines is 2. The number of sulfonamides is 1. The summed E-state index contributed by atoms with van der Waals surface area (Å²) in [6.07, 6.45) is 1.50. The van der Waals surface area contributed by atoms with Gasteiger partial charge in [-0.15, -0.1) is 13.9 Å². The number of pyridine rings is 1. The first-order valence-corrected chi connectivity index (χ1v) is 15.9. The molecule has 1 aliphatic heterocycles. The summed E-state index contributed by atoms with van der Waals surface area (Å²) < 4.78 is 31.8. The number of hydrogen-bond acceptors (Lipinski definition) is 9. The molecular weight excluding hydrogens is 617 g/mol. The van der Waals surface area contributed by atoms with E-state index in [2.05, 4.69) is 24.4 Å². The van der Waals surface area contributed by atoms with E-state index >= 15 is 0 Å². The Bertz CT molecular complexity index is 1420. The molecule has 9 nitrogen and oxygen atoms in total. The number of benzene rings is 2. The first-order valence-electron chi connectivity index (χ1n) is 10.1. The van der Waals surface area contributed by atoms with Crippen molar-refractivity contribution >= 4 is 83.5 Å². The molecule has 0 fully saturated rings. The van der Waals surface area contributed by atoms with Gasteiger partial charge in [0.2, 0.25) is 0 Å². The third-order valence-corrected chi connectivity index (χ3v) is 6.93. The van der Waals surface area contributed by atoms with Crippen LogP contribution >= 0.6 is 32.1 Å². The number of rotatable bonds is 7. The summed E-state index contributed by atoms with van der Waals surface area (Å²) in [4.78, 5) is 4.03. The Balaban J connectivity index is 0.00000121. The van der Waals surface area contributed by atoms with Crippen LogP contribution in [0.5, 0.6) is 0 Å². The number of aromatic nitrogens is 1. The van der Waals surface area contributed by atoms with Gasteiger partial charge < -0.3 is 12.6 Å². The minimum atomic E-state index is -3.77. The molecule has 0 bridgehead atoms. The van der Waals surface area contributed by atoms with Crippen LogP contribution in [0.2, 0.25) is 0 Å². The summed E-state index contributed by atoms with van der Waals surface area (Å²) in [6.45, 7) is 1.79. The van der Waals surface area contributed by atoms with E-state index in [1.54, 1.807) is 25.1 Å². The van der Waals surface area contributed by atoms with Crippen LogP contribution in [-0.4, -0.2) is 24.9 Å². The number of hydrazone groups is 1. The van der Waals surface area contributed by atoms with Gasteiger partial charge in [-0.2, -0.15) is 5.10 Å². The third-order valence-electron chi connectivity index (χ3n) is 4.60. The molecule has 0 unspecified atom stereocenters. The van der Waals surface area contributed by atoms with Crippen molar-refractivity contribution in [3.05, 3.63) is 88.8 Å². The Morgan fingerprint density at radius 2 is 1.73 bits per heavy atom. The maximum absolute atomic E-state index is 12.5. The summed E-state index contributed by atoms with van der Waals surface area (Å²) in [5.74, 6) is 0.405. The van der Waals surface area contributed by atoms with Crippen molar-refractivity contribution in [2.45, 2.75) is 11.8 Å². The normalized spacial score (nSPS) is 14.7. The molecule has 0 amide bonds. The standard InChI is InChI=1S/C22H19N7O2S3.2ClH.Fe/c1-15-20(21(23)29(26-15)17-7-3-2-4-8-17)22(32)33-28-25-16-10-12-18(13-11-16)34(30,31)27-19-9-5-6-14-24-19;;;/h2-14,23,32H,1H3,(H,24,27);2*1H;/q;;;+3/p-3/b22-20-,23-21?,28-25?;;;. The summed E-state index contributed by atoms with van der Waals surface area (Å²) in [7, 11) is 5.76. The summed E-state index contributed by atoms with van der Waals surface area (Å²) in [5, 5.41) is 18.5. The molecule has 15 heteroatoms. The molecular formula is C22H18Cl2FeN7O2S3.